The first kappa shape index (κ1) is 20.6. The molecule has 26 heavy (non-hydrogen) atoms. The van der Waals surface area contributed by atoms with Crippen LogP contribution < -0.4 is 10.1 Å². The van der Waals surface area contributed by atoms with Gasteiger partial charge in [-0.1, -0.05) is 32.4 Å². The summed E-state index contributed by atoms with van der Waals surface area (Å²) in [7, 11) is 0. The molecule has 1 fully saturated rings. The van der Waals surface area contributed by atoms with E-state index in [2.05, 4.69) is 31.3 Å². The van der Waals surface area contributed by atoms with E-state index in [4.69, 9.17) is 9.47 Å². The highest BCUT2D eigenvalue weighted by Crippen LogP contribution is 2.48. The Morgan fingerprint density at radius 1 is 1.19 bits per heavy atom. The molecule has 1 atom stereocenters. The maximum Gasteiger partial charge on any atom is 0.407 e. The van der Waals surface area contributed by atoms with Crippen LogP contribution in [0, 0.1) is 5.92 Å². The molecule has 0 heterocycles. The maximum atomic E-state index is 12.5. The van der Waals surface area contributed by atoms with Gasteiger partial charge in [-0.05, 0) is 70.6 Å². The van der Waals surface area contributed by atoms with E-state index in [1.807, 2.05) is 39.8 Å². The first-order valence-electron chi connectivity index (χ1n) is 9.89. The van der Waals surface area contributed by atoms with Crippen molar-refractivity contribution in [2.75, 3.05) is 6.61 Å². The van der Waals surface area contributed by atoms with Gasteiger partial charge in [0, 0.05) is 11.5 Å². The van der Waals surface area contributed by atoms with Crippen molar-refractivity contribution >= 4 is 6.09 Å². The van der Waals surface area contributed by atoms with Crippen LogP contribution in [0.15, 0.2) is 24.3 Å². The number of carbonyl (C=O) groups excluding carboxylic acids is 1. The molecule has 146 valence electrons. The van der Waals surface area contributed by atoms with Crippen molar-refractivity contribution in [2.45, 2.75) is 84.3 Å². The van der Waals surface area contributed by atoms with Gasteiger partial charge in [0.15, 0.2) is 0 Å². The number of rotatable bonds is 7. The molecule has 0 spiro atoms. The van der Waals surface area contributed by atoms with Gasteiger partial charge >= 0.3 is 6.09 Å². The lowest BCUT2D eigenvalue weighted by molar-refractivity contribution is 0.0421. The molecule has 1 aromatic rings. The summed E-state index contributed by atoms with van der Waals surface area (Å²) in [5, 5.41) is 3.19. The Balaban J connectivity index is 2.23. The maximum absolute atomic E-state index is 12.5. The average molecular weight is 362 g/mol. The monoisotopic (exact) mass is 361 g/mol. The second kappa shape index (κ2) is 8.32. The third-order valence-electron chi connectivity index (χ3n) is 5.05. The van der Waals surface area contributed by atoms with E-state index in [0.29, 0.717) is 12.5 Å². The number of ether oxygens (including phenoxy) is 2. The van der Waals surface area contributed by atoms with Gasteiger partial charge in [0.25, 0.3) is 0 Å². The molecule has 1 aliphatic carbocycles. The van der Waals surface area contributed by atoms with Crippen molar-refractivity contribution in [3.05, 3.63) is 29.8 Å². The molecule has 1 unspecified atom stereocenters. The zero-order valence-electron chi connectivity index (χ0n) is 17.2. The first-order chi connectivity index (χ1) is 12.2. The summed E-state index contributed by atoms with van der Waals surface area (Å²) < 4.78 is 11.1. The summed E-state index contributed by atoms with van der Waals surface area (Å²) in [6.45, 7) is 12.8. The Bertz CT molecular complexity index is 582. The number of carbonyl (C=O) groups is 1. The first-order valence-corrected chi connectivity index (χ1v) is 9.89. The zero-order chi connectivity index (χ0) is 19.4. The van der Waals surface area contributed by atoms with Gasteiger partial charge in [-0.3, -0.25) is 0 Å². The molecule has 2 rings (SSSR count). The standard InChI is InChI=1S/C22H35NO3/c1-7-25-18-11-9-17(10-12-18)22(13-8-14-22)19(15-16(2)3)23-20(24)26-21(4,5)6/h9-12,16,19H,7-8,13-15H2,1-6H3,(H,23,24). The van der Waals surface area contributed by atoms with E-state index >= 15 is 0 Å². The van der Waals surface area contributed by atoms with Crippen molar-refractivity contribution < 1.29 is 14.3 Å². The van der Waals surface area contributed by atoms with Crippen LogP contribution in [-0.4, -0.2) is 24.3 Å². The summed E-state index contributed by atoms with van der Waals surface area (Å²) in [6.07, 6.45) is 3.99. The van der Waals surface area contributed by atoms with Crippen LogP contribution in [-0.2, 0) is 10.2 Å². The highest BCUT2D eigenvalue weighted by atomic mass is 16.6. The molecule has 1 aliphatic rings. The minimum atomic E-state index is -0.488. The van der Waals surface area contributed by atoms with Crippen molar-refractivity contribution in [3.8, 4) is 5.75 Å². The van der Waals surface area contributed by atoms with Crippen molar-refractivity contribution in [2.24, 2.45) is 5.92 Å². The predicted molar refractivity (Wildman–Crippen MR) is 106 cm³/mol. The minimum Gasteiger partial charge on any atom is -0.494 e. The molecule has 4 nitrogen and oxygen atoms in total. The quantitative estimate of drug-likeness (QED) is 0.703. The van der Waals surface area contributed by atoms with E-state index in [1.54, 1.807) is 0 Å². The van der Waals surface area contributed by atoms with Gasteiger partial charge < -0.3 is 14.8 Å². The number of hydrogen-bond donors (Lipinski definition) is 1. The van der Waals surface area contributed by atoms with E-state index in [-0.39, 0.29) is 17.6 Å². The van der Waals surface area contributed by atoms with Gasteiger partial charge in [-0.15, -0.1) is 0 Å². The number of alkyl carbamates (subject to hydrolysis) is 1. The zero-order valence-corrected chi connectivity index (χ0v) is 17.2. The predicted octanol–water partition coefficient (Wildman–Crippen LogP) is 5.45. The number of benzene rings is 1. The molecule has 0 radical (unpaired) electrons. The smallest absolute Gasteiger partial charge is 0.407 e. The fraction of sp³-hybridized carbons (Fsp3) is 0.682. The lowest BCUT2D eigenvalue weighted by Crippen LogP contribution is -2.55. The fourth-order valence-corrected chi connectivity index (χ4v) is 3.79. The molecule has 1 aromatic carbocycles. The Morgan fingerprint density at radius 2 is 1.81 bits per heavy atom. The van der Waals surface area contributed by atoms with Gasteiger partial charge in [0.2, 0.25) is 0 Å². The Kier molecular flexibility index (Phi) is 6.59. The Hall–Kier alpha value is -1.71. The van der Waals surface area contributed by atoms with E-state index in [1.165, 1.54) is 12.0 Å². The fourth-order valence-electron chi connectivity index (χ4n) is 3.79. The van der Waals surface area contributed by atoms with E-state index in [0.717, 1.165) is 25.0 Å². The molecule has 0 saturated heterocycles. The van der Waals surface area contributed by atoms with Gasteiger partial charge in [0.1, 0.15) is 11.4 Å². The summed E-state index contributed by atoms with van der Waals surface area (Å²) in [5.74, 6) is 1.39. The van der Waals surface area contributed by atoms with Gasteiger partial charge in [-0.25, -0.2) is 4.79 Å². The van der Waals surface area contributed by atoms with Crippen molar-refractivity contribution in [1.82, 2.24) is 5.32 Å². The molecule has 4 heteroatoms. The number of amides is 1. The summed E-state index contributed by atoms with van der Waals surface area (Å²) >= 11 is 0. The van der Waals surface area contributed by atoms with Crippen LogP contribution in [0.4, 0.5) is 4.79 Å². The third-order valence-corrected chi connectivity index (χ3v) is 5.05. The molecular weight excluding hydrogens is 326 g/mol. The topological polar surface area (TPSA) is 47.6 Å². The Morgan fingerprint density at radius 3 is 2.23 bits per heavy atom. The van der Waals surface area contributed by atoms with Crippen LogP contribution >= 0.6 is 0 Å². The molecule has 1 amide bonds. The van der Waals surface area contributed by atoms with Gasteiger partial charge in [-0.2, -0.15) is 0 Å². The van der Waals surface area contributed by atoms with Crippen LogP contribution in [0.3, 0.4) is 0 Å². The summed E-state index contributed by atoms with van der Waals surface area (Å²) in [6, 6.07) is 8.48. The minimum absolute atomic E-state index is 0.00802. The molecule has 0 aliphatic heterocycles. The normalized spacial score (nSPS) is 17.3. The second-order valence-electron chi connectivity index (χ2n) is 8.80. The third kappa shape index (κ3) is 5.15. The summed E-state index contributed by atoms with van der Waals surface area (Å²) in [4.78, 5) is 12.5. The van der Waals surface area contributed by atoms with Gasteiger partial charge in [0.05, 0.1) is 6.61 Å². The Labute approximate surface area is 158 Å². The molecule has 1 saturated carbocycles. The van der Waals surface area contributed by atoms with Crippen molar-refractivity contribution in [1.29, 1.82) is 0 Å². The number of nitrogens with one attached hydrogen (secondary N) is 1. The van der Waals surface area contributed by atoms with E-state index in [9.17, 15) is 4.79 Å². The molecule has 1 N–H and O–H groups in total. The van der Waals surface area contributed by atoms with E-state index < -0.39 is 5.60 Å². The molecular formula is C22H35NO3. The van der Waals surface area contributed by atoms with Crippen LogP contribution in [0.25, 0.3) is 0 Å². The highest BCUT2D eigenvalue weighted by Gasteiger charge is 2.46. The van der Waals surface area contributed by atoms with Crippen LogP contribution in [0.5, 0.6) is 5.75 Å². The molecule has 0 aromatic heterocycles. The summed E-state index contributed by atoms with van der Waals surface area (Å²) in [5.41, 5.74) is 0.790. The second-order valence-corrected chi connectivity index (χ2v) is 8.80. The van der Waals surface area contributed by atoms with Crippen molar-refractivity contribution in [3.63, 3.8) is 0 Å². The number of hydrogen-bond acceptors (Lipinski definition) is 3. The SMILES string of the molecule is CCOc1ccc(C2(C(CC(C)C)NC(=O)OC(C)(C)C)CCC2)cc1. The lowest BCUT2D eigenvalue weighted by atomic mass is 9.59. The van der Waals surface area contributed by atoms with Crippen LogP contribution in [0.2, 0.25) is 0 Å². The average Bonchev–Trinajstić information content (AvgIpc) is 2.45. The molecule has 0 bridgehead atoms. The largest absolute Gasteiger partial charge is 0.494 e. The lowest BCUT2D eigenvalue weighted by Gasteiger charge is -2.49. The highest BCUT2D eigenvalue weighted by molar-refractivity contribution is 5.68. The van der Waals surface area contributed by atoms with Crippen LogP contribution in [0.1, 0.15) is 72.8 Å².